The summed E-state index contributed by atoms with van der Waals surface area (Å²) >= 11 is 1.43. The summed E-state index contributed by atoms with van der Waals surface area (Å²) in [7, 11) is 0. The Morgan fingerprint density at radius 3 is 3.00 bits per heavy atom. The maximum Gasteiger partial charge on any atom is 0.339 e. The van der Waals surface area contributed by atoms with Crippen LogP contribution in [0.1, 0.15) is 10.4 Å². The average Bonchev–Trinajstić information content (AvgIpc) is 2.97. The van der Waals surface area contributed by atoms with Crippen LogP contribution in [0.2, 0.25) is 0 Å². The Labute approximate surface area is 99.0 Å². The lowest BCUT2D eigenvalue weighted by molar-refractivity contribution is 0.0699. The highest BCUT2D eigenvalue weighted by Gasteiger charge is 2.14. The molecule has 0 saturated heterocycles. The number of aromatic amines is 1. The number of rotatable bonds is 2. The molecular weight excluding hydrogens is 240 g/mol. The molecule has 0 aromatic carbocycles. The minimum atomic E-state index is -1.03. The maximum absolute atomic E-state index is 11.0. The highest BCUT2D eigenvalue weighted by Crippen LogP contribution is 2.22. The molecule has 3 aromatic heterocycles. The molecule has 0 unspecified atom stereocenters. The van der Waals surface area contributed by atoms with E-state index < -0.39 is 5.97 Å². The van der Waals surface area contributed by atoms with Crippen molar-refractivity contribution >= 4 is 28.5 Å². The topological polar surface area (TPSA) is 91.8 Å². The molecule has 6 nitrogen and oxygen atoms in total. The van der Waals surface area contributed by atoms with Crippen molar-refractivity contribution in [2.75, 3.05) is 0 Å². The number of fused-ring (bicyclic) bond motifs is 1. The molecule has 2 N–H and O–H groups in total. The van der Waals surface area contributed by atoms with Crippen LogP contribution in [0.4, 0.5) is 0 Å². The van der Waals surface area contributed by atoms with Gasteiger partial charge in [-0.15, -0.1) is 11.3 Å². The number of carboxylic acid groups (broad SMARTS) is 1. The molecule has 0 spiro atoms. The quantitative estimate of drug-likeness (QED) is 0.719. The lowest BCUT2D eigenvalue weighted by atomic mass is 10.3. The second kappa shape index (κ2) is 3.63. The van der Waals surface area contributed by atoms with E-state index in [-0.39, 0.29) is 5.56 Å². The number of hydrogen-bond donors (Lipinski definition) is 2. The summed E-state index contributed by atoms with van der Waals surface area (Å²) in [5.74, 6) is -1.03. The monoisotopic (exact) mass is 246 g/mol. The Hall–Kier alpha value is -2.28. The van der Waals surface area contributed by atoms with Crippen LogP contribution in [0.15, 0.2) is 24.0 Å². The molecule has 0 fully saturated rings. The van der Waals surface area contributed by atoms with E-state index in [0.717, 1.165) is 5.01 Å². The maximum atomic E-state index is 11.0. The van der Waals surface area contributed by atoms with Crippen LogP contribution in [0, 0.1) is 0 Å². The lowest BCUT2D eigenvalue weighted by Crippen LogP contribution is -1.96. The van der Waals surface area contributed by atoms with Crippen LogP contribution >= 0.6 is 11.3 Å². The summed E-state index contributed by atoms with van der Waals surface area (Å²) in [5, 5.41) is 11.5. The van der Waals surface area contributed by atoms with Crippen LogP contribution in [0.3, 0.4) is 0 Å². The summed E-state index contributed by atoms with van der Waals surface area (Å²) in [6, 6.07) is 0. The number of hydrogen-bond acceptors (Lipinski definition) is 5. The third-order valence-corrected chi connectivity index (χ3v) is 3.06. The first-order valence-electron chi connectivity index (χ1n) is 4.73. The van der Waals surface area contributed by atoms with Gasteiger partial charge in [0.2, 0.25) is 0 Å². The van der Waals surface area contributed by atoms with Crippen LogP contribution in [0.25, 0.3) is 21.9 Å². The van der Waals surface area contributed by atoms with E-state index in [9.17, 15) is 4.79 Å². The largest absolute Gasteiger partial charge is 0.478 e. The number of nitrogens with one attached hydrogen (secondary N) is 1. The highest BCUT2D eigenvalue weighted by atomic mass is 32.1. The van der Waals surface area contributed by atoms with E-state index in [1.54, 1.807) is 12.4 Å². The molecule has 0 aliphatic carbocycles. The van der Waals surface area contributed by atoms with Crippen molar-refractivity contribution in [2.24, 2.45) is 0 Å². The van der Waals surface area contributed by atoms with Crippen molar-refractivity contribution in [3.8, 4) is 10.7 Å². The molecule has 0 amide bonds. The first-order valence-corrected chi connectivity index (χ1v) is 5.61. The highest BCUT2D eigenvalue weighted by molar-refractivity contribution is 7.13. The summed E-state index contributed by atoms with van der Waals surface area (Å²) in [4.78, 5) is 26.3. The molecule has 3 heterocycles. The molecule has 0 saturated carbocycles. The van der Waals surface area contributed by atoms with E-state index >= 15 is 0 Å². The predicted molar refractivity (Wildman–Crippen MR) is 62.0 cm³/mol. The van der Waals surface area contributed by atoms with Crippen molar-refractivity contribution in [3.63, 3.8) is 0 Å². The Balaban J connectivity index is 2.24. The molecule has 0 aliphatic heterocycles. The Morgan fingerprint density at radius 1 is 1.41 bits per heavy atom. The first-order chi connectivity index (χ1) is 8.25. The number of carboxylic acids is 1. The summed E-state index contributed by atoms with van der Waals surface area (Å²) < 4.78 is 0. The smallest absolute Gasteiger partial charge is 0.339 e. The molecule has 0 bridgehead atoms. The number of H-pyrrole nitrogens is 1. The van der Waals surface area contributed by atoms with Gasteiger partial charge < -0.3 is 10.1 Å². The molecular formula is C10H6N4O2S. The Bertz CT molecular complexity index is 689. The fourth-order valence-electron chi connectivity index (χ4n) is 1.51. The minimum Gasteiger partial charge on any atom is -0.478 e. The fraction of sp³-hybridized carbons (Fsp3) is 0. The second-order valence-corrected chi connectivity index (χ2v) is 4.19. The number of nitrogens with zero attached hydrogens (tertiary/aromatic N) is 3. The fourth-order valence-corrected chi connectivity index (χ4v) is 2.10. The van der Waals surface area contributed by atoms with Crippen LogP contribution < -0.4 is 0 Å². The summed E-state index contributed by atoms with van der Waals surface area (Å²) in [5.41, 5.74) is 1.51. The predicted octanol–water partition coefficient (Wildman–Crippen LogP) is 1.78. The van der Waals surface area contributed by atoms with Crippen molar-refractivity contribution in [3.05, 3.63) is 29.5 Å². The number of aromatic carboxylic acids is 1. The molecule has 0 radical (unpaired) electrons. The zero-order chi connectivity index (χ0) is 11.8. The van der Waals surface area contributed by atoms with Crippen molar-refractivity contribution < 1.29 is 9.90 Å². The van der Waals surface area contributed by atoms with Gasteiger partial charge in [-0.3, -0.25) is 0 Å². The third-order valence-electron chi connectivity index (χ3n) is 2.26. The van der Waals surface area contributed by atoms with Gasteiger partial charge in [-0.2, -0.15) is 0 Å². The van der Waals surface area contributed by atoms with Crippen molar-refractivity contribution in [1.29, 1.82) is 0 Å². The third kappa shape index (κ3) is 1.56. The van der Waals surface area contributed by atoms with E-state index in [2.05, 4.69) is 19.9 Å². The number of thiazole rings is 1. The van der Waals surface area contributed by atoms with Gasteiger partial charge in [0.1, 0.15) is 21.8 Å². The van der Waals surface area contributed by atoms with Gasteiger partial charge in [0.15, 0.2) is 5.65 Å². The Kier molecular flexibility index (Phi) is 2.12. The van der Waals surface area contributed by atoms with E-state index in [4.69, 9.17) is 5.11 Å². The molecule has 0 atom stereocenters. The van der Waals surface area contributed by atoms with Crippen LogP contribution in [0.5, 0.6) is 0 Å². The van der Waals surface area contributed by atoms with E-state index in [0.29, 0.717) is 16.9 Å². The zero-order valence-corrected chi connectivity index (χ0v) is 9.23. The van der Waals surface area contributed by atoms with Crippen LogP contribution in [-0.2, 0) is 0 Å². The number of carbonyl (C=O) groups is 1. The van der Waals surface area contributed by atoms with Gasteiger partial charge >= 0.3 is 5.97 Å². The minimum absolute atomic E-state index is 0.117. The van der Waals surface area contributed by atoms with Crippen molar-refractivity contribution in [2.45, 2.75) is 0 Å². The summed E-state index contributed by atoms with van der Waals surface area (Å²) in [6.45, 7) is 0. The molecule has 3 aromatic rings. The Morgan fingerprint density at radius 2 is 2.29 bits per heavy atom. The molecule has 3 rings (SSSR count). The summed E-state index contributed by atoms with van der Waals surface area (Å²) in [6.07, 6.45) is 4.63. The van der Waals surface area contributed by atoms with Gasteiger partial charge in [0.25, 0.3) is 0 Å². The van der Waals surface area contributed by atoms with Gasteiger partial charge in [-0.25, -0.2) is 19.7 Å². The van der Waals surface area contributed by atoms with Gasteiger partial charge in [0, 0.05) is 17.8 Å². The molecule has 84 valence electrons. The van der Waals surface area contributed by atoms with E-state index in [1.165, 1.54) is 17.5 Å². The normalized spacial score (nSPS) is 10.8. The SMILES string of the molecule is O=C(O)c1c[nH]c2ncc(-c3nccs3)nc12. The van der Waals surface area contributed by atoms with Gasteiger partial charge in [0.05, 0.1) is 6.20 Å². The second-order valence-electron chi connectivity index (χ2n) is 3.30. The molecule has 7 heteroatoms. The lowest BCUT2D eigenvalue weighted by Gasteiger charge is -1.96. The molecule has 17 heavy (non-hydrogen) atoms. The van der Waals surface area contributed by atoms with Crippen molar-refractivity contribution in [1.82, 2.24) is 19.9 Å². The van der Waals surface area contributed by atoms with Crippen LogP contribution in [-0.4, -0.2) is 31.0 Å². The standard InChI is InChI=1S/C10H6N4O2S/c15-10(16)5-3-12-8-7(5)14-6(4-13-8)9-11-1-2-17-9/h1-4H,(H,12,13)(H,15,16). The van der Waals surface area contributed by atoms with Gasteiger partial charge in [-0.1, -0.05) is 0 Å². The average molecular weight is 246 g/mol. The van der Waals surface area contributed by atoms with Gasteiger partial charge in [-0.05, 0) is 0 Å². The zero-order valence-electron chi connectivity index (χ0n) is 8.41. The van der Waals surface area contributed by atoms with E-state index in [1.807, 2.05) is 5.38 Å². The molecule has 0 aliphatic rings. The number of aromatic nitrogens is 4. The first kappa shape index (κ1) is 9.91.